The van der Waals surface area contributed by atoms with Crippen LogP contribution in [0.2, 0.25) is 0 Å². The lowest BCUT2D eigenvalue weighted by atomic mass is 10.0. The Labute approximate surface area is 54.4 Å². The topological polar surface area (TPSA) is 12.0 Å². The third-order valence-corrected chi connectivity index (χ3v) is 1.12. The van der Waals surface area contributed by atoms with Gasteiger partial charge in [-0.25, -0.2) is 8.78 Å². The van der Waals surface area contributed by atoms with Gasteiger partial charge in [-0.3, -0.25) is 0 Å². The minimum Gasteiger partial charge on any atom is -0.310 e. The van der Waals surface area contributed by atoms with E-state index in [0.29, 0.717) is 0 Å². The van der Waals surface area contributed by atoms with Gasteiger partial charge in [0.05, 0.1) is 0 Å². The molecule has 0 spiro atoms. The van der Waals surface area contributed by atoms with Gasteiger partial charge in [0.25, 0.3) is 0 Å². The van der Waals surface area contributed by atoms with Gasteiger partial charge in [0.1, 0.15) is 6.67 Å². The third kappa shape index (κ3) is 2.26. The number of alkyl halides is 2. The van der Waals surface area contributed by atoms with Gasteiger partial charge in [0, 0.05) is 13.1 Å². The molecule has 0 aromatic heterocycles. The molecular formula is C6H13F2N. The van der Waals surface area contributed by atoms with E-state index in [-0.39, 0.29) is 13.1 Å². The van der Waals surface area contributed by atoms with E-state index < -0.39 is 12.3 Å². The average molecular weight is 137 g/mol. The monoisotopic (exact) mass is 137 g/mol. The maximum absolute atomic E-state index is 12.2. The number of hydrogen-bond donors (Lipinski definition) is 1. The molecule has 1 heterocycles. The summed E-state index contributed by atoms with van der Waals surface area (Å²) in [5.41, 5.74) is -1.51. The largest absolute Gasteiger partial charge is 0.310 e. The molecule has 0 aliphatic carbocycles. The maximum atomic E-state index is 12.2. The van der Waals surface area contributed by atoms with E-state index in [0.717, 1.165) is 0 Å². The van der Waals surface area contributed by atoms with Gasteiger partial charge in [-0.15, -0.1) is 0 Å². The summed E-state index contributed by atoms with van der Waals surface area (Å²) < 4.78 is 23.6. The number of halogens is 2. The molecule has 0 amide bonds. The van der Waals surface area contributed by atoms with E-state index in [1.807, 2.05) is 13.8 Å². The second-order valence-electron chi connectivity index (χ2n) is 1.89. The van der Waals surface area contributed by atoms with Crippen molar-refractivity contribution in [1.82, 2.24) is 5.32 Å². The van der Waals surface area contributed by atoms with E-state index in [9.17, 15) is 8.78 Å². The fourth-order valence-corrected chi connectivity index (χ4v) is 0.491. The molecule has 1 saturated heterocycles. The van der Waals surface area contributed by atoms with Crippen LogP contribution in [-0.2, 0) is 0 Å². The quantitative estimate of drug-likeness (QED) is 0.574. The van der Waals surface area contributed by atoms with E-state index in [1.54, 1.807) is 0 Å². The Kier molecular flexibility index (Phi) is 3.70. The van der Waals surface area contributed by atoms with Gasteiger partial charge in [-0.1, -0.05) is 13.8 Å². The lowest BCUT2D eigenvalue weighted by molar-refractivity contribution is 0.0602. The average Bonchev–Trinajstić information content (AvgIpc) is 1.88. The highest BCUT2D eigenvalue weighted by molar-refractivity contribution is 4.92. The second kappa shape index (κ2) is 3.77. The highest BCUT2D eigenvalue weighted by Gasteiger charge is 2.36. The number of rotatable bonds is 1. The van der Waals surface area contributed by atoms with Gasteiger partial charge >= 0.3 is 0 Å². The third-order valence-electron chi connectivity index (χ3n) is 1.12. The zero-order valence-corrected chi connectivity index (χ0v) is 5.88. The van der Waals surface area contributed by atoms with Crippen molar-refractivity contribution in [3.05, 3.63) is 0 Å². The van der Waals surface area contributed by atoms with E-state index >= 15 is 0 Å². The van der Waals surface area contributed by atoms with Crippen molar-refractivity contribution in [2.45, 2.75) is 19.5 Å². The first-order valence-corrected chi connectivity index (χ1v) is 3.22. The zero-order valence-electron chi connectivity index (χ0n) is 5.88. The van der Waals surface area contributed by atoms with Gasteiger partial charge in [0.2, 0.25) is 0 Å². The van der Waals surface area contributed by atoms with E-state index in [2.05, 4.69) is 5.32 Å². The van der Waals surface area contributed by atoms with Crippen LogP contribution in [0.25, 0.3) is 0 Å². The van der Waals surface area contributed by atoms with Gasteiger partial charge in [-0.05, 0) is 0 Å². The Hall–Kier alpha value is -0.180. The summed E-state index contributed by atoms with van der Waals surface area (Å²) >= 11 is 0. The second-order valence-corrected chi connectivity index (χ2v) is 1.89. The number of nitrogens with one attached hydrogen (secondary N) is 1. The van der Waals surface area contributed by atoms with Crippen LogP contribution >= 0.6 is 0 Å². The molecule has 56 valence electrons. The molecule has 3 heteroatoms. The molecule has 0 aromatic carbocycles. The van der Waals surface area contributed by atoms with Crippen LogP contribution in [0.15, 0.2) is 0 Å². The summed E-state index contributed by atoms with van der Waals surface area (Å²) in [6.07, 6.45) is 0. The fraction of sp³-hybridized carbons (Fsp3) is 1.00. The SMILES string of the molecule is CC.FCC1(F)CNC1. The van der Waals surface area contributed by atoms with Crippen molar-refractivity contribution in [3.8, 4) is 0 Å². The summed E-state index contributed by atoms with van der Waals surface area (Å²) in [6, 6.07) is 0. The van der Waals surface area contributed by atoms with Crippen molar-refractivity contribution in [2.24, 2.45) is 0 Å². The molecule has 1 N–H and O–H groups in total. The summed E-state index contributed by atoms with van der Waals surface area (Å²) in [4.78, 5) is 0. The Morgan fingerprint density at radius 1 is 1.44 bits per heavy atom. The molecule has 9 heavy (non-hydrogen) atoms. The maximum Gasteiger partial charge on any atom is 0.163 e. The molecule has 0 bridgehead atoms. The lowest BCUT2D eigenvalue weighted by Gasteiger charge is -2.31. The first kappa shape index (κ1) is 8.82. The summed E-state index contributed by atoms with van der Waals surface area (Å²) in [5, 5.41) is 2.64. The van der Waals surface area contributed by atoms with Crippen molar-refractivity contribution < 1.29 is 8.78 Å². The molecule has 0 aromatic rings. The molecule has 1 nitrogen and oxygen atoms in total. The van der Waals surface area contributed by atoms with Crippen LogP contribution in [0.4, 0.5) is 8.78 Å². The molecule has 1 fully saturated rings. The van der Waals surface area contributed by atoms with E-state index in [4.69, 9.17) is 0 Å². The molecule has 0 atom stereocenters. The smallest absolute Gasteiger partial charge is 0.163 e. The van der Waals surface area contributed by atoms with Crippen LogP contribution in [0.5, 0.6) is 0 Å². The summed E-state index contributed by atoms with van der Waals surface area (Å²) in [7, 11) is 0. The fourth-order valence-electron chi connectivity index (χ4n) is 0.491. The minimum atomic E-state index is -1.51. The lowest BCUT2D eigenvalue weighted by Crippen LogP contribution is -2.57. The van der Waals surface area contributed by atoms with Gasteiger partial charge in [0.15, 0.2) is 5.67 Å². The van der Waals surface area contributed by atoms with Crippen molar-refractivity contribution in [1.29, 1.82) is 0 Å². The van der Waals surface area contributed by atoms with Gasteiger partial charge in [-0.2, -0.15) is 0 Å². The zero-order chi connectivity index (χ0) is 7.33. The van der Waals surface area contributed by atoms with Crippen LogP contribution in [0, 0.1) is 0 Å². The summed E-state index contributed by atoms with van der Waals surface area (Å²) in [5.74, 6) is 0. The molecule has 0 radical (unpaired) electrons. The first-order chi connectivity index (χ1) is 4.27. The Balaban J connectivity index is 0.000000291. The Morgan fingerprint density at radius 3 is 1.89 bits per heavy atom. The van der Waals surface area contributed by atoms with E-state index in [1.165, 1.54) is 0 Å². The standard InChI is InChI=1S/C4H7F2N.C2H6/c5-1-4(6)2-7-3-4;1-2/h7H,1-3H2;1-2H3. The normalized spacial score (nSPS) is 21.3. The molecular weight excluding hydrogens is 124 g/mol. The first-order valence-electron chi connectivity index (χ1n) is 3.22. The van der Waals surface area contributed by atoms with Gasteiger partial charge < -0.3 is 5.32 Å². The highest BCUT2D eigenvalue weighted by Crippen LogP contribution is 2.15. The van der Waals surface area contributed by atoms with Crippen LogP contribution < -0.4 is 5.32 Å². The Bertz CT molecular complexity index is 65.9. The molecule has 1 aliphatic rings. The molecule has 0 unspecified atom stereocenters. The Morgan fingerprint density at radius 2 is 1.89 bits per heavy atom. The number of hydrogen-bond acceptors (Lipinski definition) is 1. The van der Waals surface area contributed by atoms with Crippen molar-refractivity contribution in [2.75, 3.05) is 19.8 Å². The van der Waals surface area contributed by atoms with Crippen molar-refractivity contribution in [3.63, 3.8) is 0 Å². The minimum absolute atomic E-state index is 0.184. The van der Waals surface area contributed by atoms with Crippen LogP contribution in [0.1, 0.15) is 13.8 Å². The highest BCUT2D eigenvalue weighted by atomic mass is 19.2. The summed E-state index contributed by atoms with van der Waals surface area (Å²) in [6.45, 7) is 3.52. The molecule has 1 aliphatic heterocycles. The molecule has 0 saturated carbocycles. The molecule has 1 rings (SSSR count). The van der Waals surface area contributed by atoms with Crippen molar-refractivity contribution >= 4 is 0 Å². The predicted octanol–water partition coefficient (Wildman–Crippen LogP) is 1.29. The predicted molar refractivity (Wildman–Crippen MR) is 34.0 cm³/mol. The van der Waals surface area contributed by atoms with Crippen LogP contribution in [0.3, 0.4) is 0 Å². The van der Waals surface area contributed by atoms with Crippen LogP contribution in [-0.4, -0.2) is 25.4 Å².